The second-order valence-electron chi connectivity index (χ2n) is 7.31. The monoisotopic (exact) mass is 295 g/mol. The number of rotatable bonds is 6. The zero-order valence-electron chi connectivity index (χ0n) is 12.6. The Hall–Kier alpha value is -1.10. The van der Waals surface area contributed by atoms with Gasteiger partial charge in [-0.3, -0.25) is 4.79 Å². The van der Waals surface area contributed by atoms with Crippen LogP contribution in [0.3, 0.4) is 0 Å². The zero-order valence-corrected chi connectivity index (χ0v) is 12.6. The Bertz CT molecular complexity index is 399. The Labute approximate surface area is 125 Å². The summed E-state index contributed by atoms with van der Waals surface area (Å²) in [4.78, 5) is 23.2. The largest absolute Gasteiger partial charge is 0.479 e. The quantitative estimate of drug-likeness (QED) is 0.733. The van der Waals surface area contributed by atoms with Crippen LogP contribution in [0.15, 0.2) is 0 Å². The fourth-order valence-corrected chi connectivity index (χ4v) is 5.05. The van der Waals surface area contributed by atoms with E-state index in [-0.39, 0.29) is 17.9 Å². The molecule has 0 aliphatic heterocycles. The molecule has 4 saturated carbocycles. The van der Waals surface area contributed by atoms with Gasteiger partial charge in [0.25, 0.3) is 0 Å². The van der Waals surface area contributed by atoms with Gasteiger partial charge in [-0.15, -0.1) is 0 Å². The predicted molar refractivity (Wildman–Crippen MR) is 76.7 cm³/mol. The van der Waals surface area contributed by atoms with Crippen LogP contribution >= 0.6 is 0 Å². The first kappa shape index (κ1) is 14.8. The van der Waals surface area contributed by atoms with Gasteiger partial charge in [-0.05, 0) is 63.2 Å². The van der Waals surface area contributed by atoms with Crippen LogP contribution < -0.4 is 5.32 Å². The SMILES string of the molecule is CC(OCCNC(=O)C12CC3CC(CC(C3)C1)C2)C(=O)O. The third-order valence-electron chi connectivity index (χ3n) is 5.62. The van der Waals surface area contributed by atoms with Crippen molar-refractivity contribution in [1.82, 2.24) is 5.32 Å². The summed E-state index contributed by atoms with van der Waals surface area (Å²) in [5.74, 6) is 1.47. The number of carbonyl (C=O) groups excluding carboxylic acids is 1. The van der Waals surface area contributed by atoms with Gasteiger partial charge in [0.2, 0.25) is 5.91 Å². The van der Waals surface area contributed by atoms with Crippen LogP contribution in [0.5, 0.6) is 0 Å². The number of ether oxygens (including phenoxy) is 1. The molecule has 1 unspecified atom stereocenters. The number of amides is 1. The predicted octanol–water partition coefficient (Wildman–Crippen LogP) is 1.81. The van der Waals surface area contributed by atoms with Crippen molar-refractivity contribution < 1.29 is 19.4 Å². The molecule has 4 aliphatic rings. The lowest BCUT2D eigenvalue weighted by atomic mass is 9.49. The molecule has 4 aliphatic carbocycles. The Balaban J connectivity index is 1.48. The molecule has 0 aromatic heterocycles. The highest BCUT2D eigenvalue weighted by Gasteiger charge is 2.54. The first-order valence-corrected chi connectivity index (χ1v) is 8.11. The van der Waals surface area contributed by atoms with Gasteiger partial charge in [-0.2, -0.15) is 0 Å². The minimum atomic E-state index is -0.970. The van der Waals surface area contributed by atoms with Gasteiger partial charge in [-0.1, -0.05) is 0 Å². The molecule has 4 fully saturated rings. The molecule has 118 valence electrons. The number of carboxylic acids is 1. The summed E-state index contributed by atoms with van der Waals surface area (Å²) in [6, 6.07) is 0. The average Bonchev–Trinajstić information content (AvgIpc) is 2.41. The second-order valence-corrected chi connectivity index (χ2v) is 7.31. The third kappa shape index (κ3) is 2.93. The Morgan fingerprint density at radius 2 is 1.71 bits per heavy atom. The standard InChI is InChI=1S/C16H25NO4/c1-10(14(18)19)21-3-2-17-15(20)16-7-11-4-12(8-16)6-13(5-11)9-16/h10-13H,2-9H2,1H3,(H,17,20)(H,18,19). The van der Waals surface area contributed by atoms with Crippen LogP contribution in [-0.4, -0.2) is 36.2 Å². The fraction of sp³-hybridized carbons (Fsp3) is 0.875. The van der Waals surface area contributed by atoms with E-state index >= 15 is 0 Å². The number of nitrogens with one attached hydrogen (secondary N) is 1. The van der Waals surface area contributed by atoms with Crippen LogP contribution in [0.25, 0.3) is 0 Å². The molecular formula is C16H25NO4. The van der Waals surface area contributed by atoms with Crippen molar-refractivity contribution in [2.45, 2.75) is 51.6 Å². The van der Waals surface area contributed by atoms with E-state index in [1.807, 2.05) is 0 Å². The molecule has 0 aromatic carbocycles. The maximum absolute atomic E-state index is 12.6. The second kappa shape index (κ2) is 5.59. The van der Waals surface area contributed by atoms with Crippen molar-refractivity contribution in [3.05, 3.63) is 0 Å². The summed E-state index contributed by atoms with van der Waals surface area (Å²) >= 11 is 0. The van der Waals surface area contributed by atoms with Crippen molar-refractivity contribution in [2.24, 2.45) is 23.2 Å². The van der Waals surface area contributed by atoms with Gasteiger partial charge in [0, 0.05) is 12.0 Å². The minimum Gasteiger partial charge on any atom is -0.479 e. The Kier molecular flexibility index (Phi) is 3.95. The summed E-state index contributed by atoms with van der Waals surface area (Å²) in [7, 11) is 0. The lowest BCUT2D eigenvalue weighted by Crippen LogP contribution is -2.54. The normalized spacial score (nSPS) is 38.2. The summed E-state index contributed by atoms with van der Waals surface area (Å²) in [6.07, 6.45) is 6.32. The van der Waals surface area contributed by atoms with E-state index in [9.17, 15) is 9.59 Å². The third-order valence-corrected chi connectivity index (χ3v) is 5.62. The molecule has 1 amide bonds. The first-order chi connectivity index (χ1) is 9.98. The van der Waals surface area contributed by atoms with Gasteiger partial charge in [-0.25, -0.2) is 4.79 Å². The van der Waals surface area contributed by atoms with E-state index in [1.54, 1.807) is 0 Å². The van der Waals surface area contributed by atoms with E-state index < -0.39 is 12.1 Å². The number of aliphatic carboxylic acids is 1. The molecule has 0 spiro atoms. The number of hydrogen-bond donors (Lipinski definition) is 2. The van der Waals surface area contributed by atoms with E-state index in [0.29, 0.717) is 6.54 Å². The van der Waals surface area contributed by atoms with Crippen LogP contribution in [0.4, 0.5) is 0 Å². The molecule has 1 atom stereocenters. The van der Waals surface area contributed by atoms with E-state index in [4.69, 9.17) is 9.84 Å². The smallest absolute Gasteiger partial charge is 0.332 e. The topological polar surface area (TPSA) is 75.6 Å². The van der Waals surface area contributed by atoms with Gasteiger partial charge in [0.1, 0.15) is 0 Å². The van der Waals surface area contributed by atoms with E-state index in [2.05, 4.69) is 5.32 Å². The molecule has 0 saturated heterocycles. The van der Waals surface area contributed by atoms with Crippen molar-refractivity contribution in [1.29, 1.82) is 0 Å². The summed E-state index contributed by atoms with van der Waals surface area (Å²) in [5, 5.41) is 11.7. The Morgan fingerprint density at radius 1 is 1.19 bits per heavy atom. The van der Waals surface area contributed by atoms with Crippen LogP contribution in [0, 0.1) is 23.2 Å². The van der Waals surface area contributed by atoms with Gasteiger partial charge in [0.15, 0.2) is 6.10 Å². The highest BCUT2D eigenvalue weighted by molar-refractivity contribution is 5.83. The molecule has 4 bridgehead atoms. The maximum Gasteiger partial charge on any atom is 0.332 e. The maximum atomic E-state index is 12.6. The molecule has 21 heavy (non-hydrogen) atoms. The first-order valence-electron chi connectivity index (χ1n) is 8.11. The molecule has 2 N–H and O–H groups in total. The van der Waals surface area contributed by atoms with Crippen molar-refractivity contribution in [3.8, 4) is 0 Å². The Morgan fingerprint density at radius 3 is 2.19 bits per heavy atom. The fourth-order valence-electron chi connectivity index (χ4n) is 5.05. The van der Waals surface area contributed by atoms with Crippen LogP contribution in [0.1, 0.15) is 45.4 Å². The number of carbonyl (C=O) groups is 2. The van der Waals surface area contributed by atoms with Gasteiger partial charge < -0.3 is 15.2 Å². The van der Waals surface area contributed by atoms with Gasteiger partial charge in [0.05, 0.1) is 6.61 Å². The summed E-state index contributed by atoms with van der Waals surface area (Å²) in [5.41, 5.74) is -0.132. The van der Waals surface area contributed by atoms with Crippen molar-refractivity contribution in [2.75, 3.05) is 13.2 Å². The lowest BCUT2D eigenvalue weighted by Gasteiger charge is -2.55. The molecular weight excluding hydrogens is 270 g/mol. The highest BCUT2D eigenvalue weighted by Crippen LogP contribution is 2.60. The van der Waals surface area contributed by atoms with E-state index in [1.165, 1.54) is 26.2 Å². The molecule has 0 heterocycles. The number of carboxylic acid groups (broad SMARTS) is 1. The van der Waals surface area contributed by atoms with E-state index in [0.717, 1.165) is 37.0 Å². The zero-order chi connectivity index (χ0) is 15.0. The van der Waals surface area contributed by atoms with Crippen molar-refractivity contribution in [3.63, 3.8) is 0 Å². The molecule has 0 aromatic rings. The molecule has 4 rings (SSSR count). The van der Waals surface area contributed by atoms with Crippen LogP contribution in [-0.2, 0) is 14.3 Å². The summed E-state index contributed by atoms with van der Waals surface area (Å²) in [6.45, 7) is 2.16. The molecule has 5 heteroatoms. The van der Waals surface area contributed by atoms with Crippen molar-refractivity contribution >= 4 is 11.9 Å². The summed E-state index contributed by atoms with van der Waals surface area (Å²) < 4.78 is 5.16. The molecule has 5 nitrogen and oxygen atoms in total. The lowest BCUT2D eigenvalue weighted by molar-refractivity contribution is -0.149. The van der Waals surface area contributed by atoms with Gasteiger partial charge >= 0.3 is 5.97 Å². The average molecular weight is 295 g/mol. The number of hydrogen-bond acceptors (Lipinski definition) is 3. The van der Waals surface area contributed by atoms with Crippen LogP contribution in [0.2, 0.25) is 0 Å². The molecule has 0 radical (unpaired) electrons. The minimum absolute atomic E-state index is 0.132. The highest BCUT2D eigenvalue weighted by atomic mass is 16.5.